The maximum absolute atomic E-state index is 13.1. The first-order valence-corrected chi connectivity index (χ1v) is 5.42. The zero-order chi connectivity index (χ0) is 9.42. The maximum atomic E-state index is 13.1. The first-order chi connectivity index (χ1) is 6.18. The highest BCUT2D eigenvalue weighted by Crippen LogP contribution is 2.37. The Kier molecular flexibility index (Phi) is 2.49. The summed E-state index contributed by atoms with van der Waals surface area (Å²) in [6, 6.07) is 3.08. The molecule has 2 rings (SSSR count). The Labute approximate surface area is 85.5 Å². The Morgan fingerprint density at radius 1 is 1.54 bits per heavy atom. The number of hydrogen-bond acceptors (Lipinski definition) is 2. The SMILES string of the molecule is N[C@H]1CCSc2cc(Cl)c(F)cc21. The minimum Gasteiger partial charge on any atom is -0.324 e. The summed E-state index contributed by atoms with van der Waals surface area (Å²) in [7, 11) is 0. The van der Waals surface area contributed by atoms with E-state index < -0.39 is 0 Å². The molecule has 1 aliphatic rings. The van der Waals surface area contributed by atoms with Crippen LogP contribution in [0.4, 0.5) is 4.39 Å². The molecular formula is C9H9ClFNS. The Bertz CT molecular complexity index is 343. The van der Waals surface area contributed by atoms with Gasteiger partial charge in [0.15, 0.2) is 0 Å². The molecule has 0 unspecified atom stereocenters. The second kappa shape index (κ2) is 3.48. The summed E-state index contributed by atoms with van der Waals surface area (Å²) in [4.78, 5) is 1.02. The van der Waals surface area contributed by atoms with E-state index in [0.29, 0.717) is 0 Å². The van der Waals surface area contributed by atoms with Crippen LogP contribution in [0.2, 0.25) is 5.02 Å². The monoisotopic (exact) mass is 217 g/mol. The number of hydrogen-bond donors (Lipinski definition) is 1. The van der Waals surface area contributed by atoms with Crippen LogP contribution in [0.25, 0.3) is 0 Å². The zero-order valence-electron chi connectivity index (χ0n) is 6.89. The molecule has 0 spiro atoms. The standard InChI is InChI=1S/C9H9ClFNS/c10-6-4-9-5(3-7(6)11)8(12)1-2-13-9/h3-4,8H,1-2,12H2/t8-/m0/s1. The average molecular weight is 218 g/mol. The molecule has 13 heavy (non-hydrogen) atoms. The van der Waals surface area contributed by atoms with Gasteiger partial charge in [-0.2, -0.15) is 0 Å². The van der Waals surface area contributed by atoms with E-state index in [4.69, 9.17) is 17.3 Å². The number of benzene rings is 1. The average Bonchev–Trinajstić information content (AvgIpc) is 2.09. The molecule has 0 bridgehead atoms. The van der Waals surface area contributed by atoms with Gasteiger partial charge in [0.05, 0.1) is 5.02 Å². The fraction of sp³-hybridized carbons (Fsp3) is 0.333. The second-order valence-corrected chi connectivity index (χ2v) is 4.59. The predicted molar refractivity (Wildman–Crippen MR) is 53.7 cm³/mol. The first kappa shape index (κ1) is 9.31. The summed E-state index contributed by atoms with van der Waals surface area (Å²) >= 11 is 7.35. The molecule has 1 atom stereocenters. The van der Waals surface area contributed by atoms with Crippen molar-refractivity contribution in [2.75, 3.05) is 5.75 Å². The number of nitrogens with two attached hydrogens (primary N) is 1. The topological polar surface area (TPSA) is 26.0 Å². The molecule has 1 aliphatic heterocycles. The molecule has 0 saturated heterocycles. The molecule has 1 heterocycles. The molecule has 0 radical (unpaired) electrons. The third-order valence-corrected chi connectivity index (χ3v) is 3.53. The van der Waals surface area contributed by atoms with Crippen LogP contribution in [0.1, 0.15) is 18.0 Å². The second-order valence-electron chi connectivity index (χ2n) is 3.05. The third kappa shape index (κ3) is 1.68. The van der Waals surface area contributed by atoms with Crippen LogP contribution in [-0.4, -0.2) is 5.75 Å². The van der Waals surface area contributed by atoms with Crippen LogP contribution >= 0.6 is 23.4 Å². The molecule has 0 fully saturated rings. The van der Waals surface area contributed by atoms with Gasteiger partial charge in [-0.15, -0.1) is 11.8 Å². The maximum Gasteiger partial charge on any atom is 0.142 e. The van der Waals surface area contributed by atoms with E-state index in [1.165, 1.54) is 6.07 Å². The molecule has 1 nitrogen and oxygen atoms in total. The molecule has 2 N–H and O–H groups in total. The van der Waals surface area contributed by atoms with Crippen LogP contribution in [0.3, 0.4) is 0 Å². The van der Waals surface area contributed by atoms with E-state index in [1.54, 1.807) is 17.8 Å². The van der Waals surface area contributed by atoms with Gasteiger partial charge in [-0.25, -0.2) is 4.39 Å². The van der Waals surface area contributed by atoms with Crippen molar-refractivity contribution in [3.63, 3.8) is 0 Å². The van der Waals surface area contributed by atoms with E-state index >= 15 is 0 Å². The fourth-order valence-electron chi connectivity index (χ4n) is 1.41. The molecule has 4 heteroatoms. The number of halogens is 2. The lowest BCUT2D eigenvalue weighted by Crippen LogP contribution is -2.16. The van der Waals surface area contributed by atoms with Gasteiger partial charge in [0, 0.05) is 10.9 Å². The number of fused-ring (bicyclic) bond motifs is 1. The molecule has 0 amide bonds. The van der Waals surface area contributed by atoms with Gasteiger partial charge in [0.2, 0.25) is 0 Å². The van der Waals surface area contributed by atoms with Crippen molar-refractivity contribution in [2.45, 2.75) is 17.4 Å². The van der Waals surface area contributed by atoms with E-state index in [-0.39, 0.29) is 16.9 Å². The third-order valence-electron chi connectivity index (χ3n) is 2.14. The fourth-order valence-corrected chi connectivity index (χ4v) is 2.81. The quantitative estimate of drug-likeness (QED) is 0.723. The van der Waals surface area contributed by atoms with Crippen molar-refractivity contribution >= 4 is 23.4 Å². The van der Waals surface area contributed by atoms with Crippen LogP contribution < -0.4 is 5.73 Å². The lowest BCUT2D eigenvalue weighted by molar-refractivity contribution is 0.610. The highest BCUT2D eigenvalue weighted by atomic mass is 35.5. The van der Waals surface area contributed by atoms with Crippen LogP contribution in [0, 0.1) is 5.82 Å². The van der Waals surface area contributed by atoms with Gasteiger partial charge in [-0.3, -0.25) is 0 Å². The van der Waals surface area contributed by atoms with Gasteiger partial charge in [0.1, 0.15) is 5.82 Å². The lowest BCUT2D eigenvalue weighted by Gasteiger charge is -2.21. The molecule has 1 aromatic carbocycles. The Balaban J connectivity index is 2.52. The highest BCUT2D eigenvalue weighted by molar-refractivity contribution is 7.99. The first-order valence-electron chi connectivity index (χ1n) is 4.06. The van der Waals surface area contributed by atoms with Crippen molar-refractivity contribution in [1.29, 1.82) is 0 Å². The number of rotatable bonds is 0. The zero-order valence-corrected chi connectivity index (χ0v) is 8.46. The summed E-state index contributed by atoms with van der Waals surface area (Å²) in [5.41, 5.74) is 6.73. The predicted octanol–water partition coefficient (Wildman–Crippen LogP) is 2.97. The molecule has 0 saturated carbocycles. The summed E-state index contributed by atoms with van der Waals surface area (Å²) in [5, 5.41) is 0.181. The summed E-state index contributed by atoms with van der Waals surface area (Å²) < 4.78 is 13.1. The van der Waals surface area contributed by atoms with Gasteiger partial charge >= 0.3 is 0 Å². The van der Waals surface area contributed by atoms with Crippen molar-refractivity contribution in [1.82, 2.24) is 0 Å². The van der Waals surface area contributed by atoms with Gasteiger partial charge < -0.3 is 5.73 Å². The highest BCUT2D eigenvalue weighted by Gasteiger charge is 2.19. The lowest BCUT2D eigenvalue weighted by atomic mass is 10.0. The van der Waals surface area contributed by atoms with Crippen molar-refractivity contribution < 1.29 is 4.39 Å². The number of thioether (sulfide) groups is 1. The van der Waals surface area contributed by atoms with Crippen LogP contribution in [0.5, 0.6) is 0 Å². The van der Waals surface area contributed by atoms with Crippen molar-refractivity contribution in [3.8, 4) is 0 Å². The van der Waals surface area contributed by atoms with Crippen LogP contribution in [-0.2, 0) is 0 Å². The van der Waals surface area contributed by atoms with E-state index in [0.717, 1.165) is 22.6 Å². The molecule has 0 aliphatic carbocycles. The van der Waals surface area contributed by atoms with E-state index in [1.807, 2.05) is 0 Å². The summed E-state index contributed by atoms with van der Waals surface area (Å²) in [6.45, 7) is 0. The molecule has 70 valence electrons. The van der Waals surface area contributed by atoms with Gasteiger partial charge in [0.25, 0.3) is 0 Å². The Morgan fingerprint density at radius 3 is 3.08 bits per heavy atom. The minimum absolute atomic E-state index is 0.0389. The van der Waals surface area contributed by atoms with Crippen LogP contribution in [0.15, 0.2) is 17.0 Å². The van der Waals surface area contributed by atoms with E-state index in [2.05, 4.69) is 0 Å². The largest absolute Gasteiger partial charge is 0.324 e. The summed E-state index contributed by atoms with van der Waals surface area (Å²) in [5.74, 6) is 0.606. The van der Waals surface area contributed by atoms with E-state index in [9.17, 15) is 4.39 Å². The van der Waals surface area contributed by atoms with Gasteiger partial charge in [-0.05, 0) is 29.9 Å². The molecular weight excluding hydrogens is 209 g/mol. The Morgan fingerprint density at radius 2 is 2.31 bits per heavy atom. The van der Waals surface area contributed by atoms with Crippen molar-refractivity contribution in [2.24, 2.45) is 5.73 Å². The Hall–Kier alpha value is -0.250. The smallest absolute Gasteiger partial charge is 0.142 e. The summed E-state index contributed by atoms with van der Waals surface area (Å²) in [6.07, 6.45) is 0.902. The van der Waals surface area contributed by atoms with Crippen molar-refractivity contribution in [3.05, 3.63) is 28.5 Å². The molecule has 1 aromatic rings. The van der Waals surface area contributed by atoms with Gasteiger partial charge in [-0.1, -0.05) is 11.6 Å². The minimum atomic E-state index is -0.377. The normalized spacial score (nSPS) is 21.3. The molecule has 0 aromatic heterocycles.